The van der Waals surface area contributed by atoms with Gasteiger partial charge in [-0.15, -0.1) is 0 Å². The lowest BCUT2D eigenvalue weighted by molar-refractivity contribution is -0.130. The molecule has 1 heterocycles. The zero-order valence-electron chi connectivity index (χ0n) is 12.4. The molecule has 0 saturated carbocycles. The number of hydrogen-bond acceptors (Lipinski definition) is 6. The van der Waals surface area contributed by atoms with Gasteiger partial charge in [0.2, 0.25) is 0 Å². The van der Waals surface area contributed by atoms with Crippen LogP contribution in [0.25, 0.3) is 0 Å². The van der Waals surface area contributed by atoms with Crippen molar-refractivity contribution in [2.45, 2.75) is 11.8 Å². The topological polar surface area (TPSA) is 110 Å². The van der Waals surface area contributed by atoms with Crippen LogP contribution in [-0.4, -0.2) is 56.7 Å². The molecule has 0 unspecified atom stereocenters. The number of nitrogens with zero attached hydrogens (tertiary/aromatic N) is 1. The summed E-state index contributed by atoms with van der Waals surface area (Å²) in [6, 6.07) is 5.09. The number of rotatable bonds is 5. The first-order valence-corrected chi connectivity index (χ1v) is 8.59. The molecule has 0 radical (unpaired) electrons. The quantitative estimate of drug-likeness (QED) is 0.766. The number of esters is 1. The molecule has 1 aliphatic rings. The number of hydrogen-bond donors (Lipinski definition) is 1. The zero-order chi connectivity index (χ0) is 17.0. The van der Waals surface area contributed by atoms with Crippen molar-refractivity contribution in [1.82, 2.24) is 10.2 Å². The third kappa shape index (κ3) is 3.67. The Bertz CT molecular complexity index is 743. The fourth-order valence-electron chi connectivity index (χ4n) is 2.05. The van der Waals surface area contributed by atoms with E-state index < -0.39 is 34.4 Å². The second kappa shape index (κ2) is 6.78. The molecule has 1 N–H and O–H groups in total. The number of ether oxygens (including phenoxy) is 1. The largest absolute Gasteiger partial charge is 0.452 e. The molecular weight excluding hydrogens is 324 g/mol. The van der Waals surface area contributed by atoms with E-state index in [1.54, 1.807) is 0 Å². The maximum atomic E-state index is 12.1. The first-order valence-electron chi connectivity index (χ1n) is 6.94. The van der Waals surface area contributed by atoms with Crippen LogP contribution in [0.3, 0.4) is 0 Å². The predicted molar refractivity (Wildman–Crippen MR) is 79.6 cm³/mol. The zero-order valence-corrected chi connectivity index (χ0v) is 13.3. The number of urea groups is 1. The predicted octanol–water partition coefficient (Wildman–Crippen LogP) is 0.189. The van der Waals surface area contributed by atoms with Crippen molar-refractivity contribution in [3.05, 3.63) is 29.8 Å². The normalized spacial score (nSPS) is 14.5. The summed E-state index contributed by atoms with van der Waals surface area (Å²) in [5.41, 5.74) is -0.131. The molecule has 1 aliphatic heterocycles. The second-order valence-corrected chi connectivity index (χ2v) is 7.00. The minimum atomic E-state index is -3.60. The average molecular weight is 340 g/mol. The Labute approximate surface area is 133 Å². The molecule has 2 rings (SSSR count). The lowest BCUT2D eigenvalue weighted by Crippen LogP contribution is -2.37. The van der Waals surface area contributed by atoms with E-state index in [9.17, 15) is 22.8 Å². The van der Waals surface area contributed by atoms with E-state index in [1.807, 2.05) is 0 Å². The Balaban J connectivity index is 2.10. The van der Waals surface area contributed by atoms with Crippen LogP contribution in [0, 0.1) is 0 Å². The van der Waals surface area contributed by atoms with Crippen molar-refractivity contribution < 1.29 is 27.5 Å². The molecule has 1 fully saturated rings. The van der Waals surface area contributed by atoms with Gasteiger partial charge in [0.1, 0.15) is 0 Å². The molecule has 8 nitrogen and oxygen atoms in total. The maximum Gasteiger partial charge on any atom is 0.339 e. The van der Waals surface area contributed by atoms with Crippen LogP contribution in [0.4, 0.5) is 4.79 Å². The van der Waals surface area contributed by atoms with E-state index in [4.69, 9.17) is 4.74 Å². The van der Waals surface area contributed by atoms with Crippen LogP contribution in [0.1, 0.15) is 17.3 Å². The van der Waals surface area contributed by atoms with Gasteiger partial charge in [-0.1, -0.05) is 19.1 Å². The summed E-state index contributed by atoms with van der Waals surface area (Å²) in [4.78, 5) is 36.0. The van der Waals surface area contributed by atoms with Crippen molar-refractivity contribution in [3.63, 3.8) is 0 Å². The van der Waals surface area contributed by atoms with Crippen LogP contribution in [0.5, 0.6) is 0 Å². The Kier molecular flexibility index (Phi) is 4.99. The number of sulfone groups is 1. The molecule has 0 atom stereocenters. The van der Waals surface area contributed by atoms with Crippen LogP contribution < -0.4 is 5.32 Å². The van der Waals surface area contributed by atoms with Crippen LogP contribution in [0.2, 0.25) is 0 Å². The summed E-state index contributed by atoms with van der Waals surface area (Å²) in [7, 11) is -3.60. The fraction of sp³-hybridized carbons (Fsp3) is 0.357. The van der Waals surface area contributed by atoms with E-state index in [-0.39, 0.29) is 22.8 Å². The molecule has 23 heavy (non-hydrogen) atoms. The fourth-order valence-corrected chi connectivity index (χ4v) is 3.14. The van der Waals surface area contributed by atoms with E-state index in [0.29, 0.717) is 6.54 Å². The smallest absolute Gasteiger partial charge is 0.339 e. The summed E-state index contributed by atoms with van der Waals surface area (Å²) in [6.07, 6.45) is 0. The Morgan fingerprint density at radius 1 is 1.30 bits per heavy atom. The highest BCUT2D eigenvalue weighted by molar-refractivity contribution is 7.91. The Morgan fingerprint density at radius 2 is 2.00 bits per heavy atom. The Hall–Kier alpha value is -2.42. The summed E-state index contributed by atoms with van der Waals surface area (Å²) < 4.78 is 28.8. The van der Waals surface area contributed by atoms with Crippen molar-refractivity contribution >= 4 is 27.7 Å². The van der Waals surface area contributed by atoms with Gasteiger partial charge in [-0.25, -0.2) is 18.0 Å². The maximum absolute atomic E-state index is 12.1. The van der Waals surface area contributed by atoms with Crippen molar-refractivity contribution in [2.75, 3.05) is 25.4 Å². The number of nitrogens with one attached hydrogen (secondary N) is 1. The molecule has 1 aromatic rings. The van der Waals surface area contributed by atoms with Crippen molar-refractivity contribution in [3.8, 4) is 0 Å². The average Bonchev–Trinajstić information content (AvgIpc) is 2.98. The molecule has 0 aromatic heterocycles. The third-order valence-electron chi connectivity index (χ3n) is 3.31. The number of carbonyl (C=O) groups is 3. The third-order valence-corrected chi connectivity index (χ3v) is 5.09. The van der Waals surface area contributed by atoms with E-state index >= 15 is 0 Å². The van der Waals surface area contributed by atoms with E-state index in [2.05, 4.69) is 5.32 Å². The minimum absolute atomic E-state index is 0.131. The van der Waals surface area contributed by atoms with Gasteiger partial charge < -0.3 is 10.1 Å². The molecular formula is C14H16N2O6S. The molecule has 0 bridgehead atoms. The van der Waals surface area contributed by atoms with Gasteiger partial charge in [0.15, 0.2) is 16.4 Å². The van der Waals surface area contributed by atoms with Crippen molar-refractivity contribution in [2.24, 2.45) is 0 Å². The second-order valence-electron chi connectivity index (χ2n) is 4.75. The number of carbonyl (C=O) groups excluding carboxylic acids is 3. The standard InChI is InChI=1S/C14H16N2O6S/c1-2-23(20,21)11-6-4-3-5-10(11)13(18)22-9-12(17)16-8-7-15-14(16)19/h3-6H,2,7-9H2,1H3,(H,15,19). The molecule has 0 aliphatic carbocycles. The Morgan fingerprint density at radius 3 is 2.61 bits per heavy atom. The summed E-state index contributed by atoms with van der Waals surface area (Å²) >= 11 is 0. The first kappa shape index (κ1) is 16.9. The minimum Gasteiger partial charge on any atom is -0.452 e. The van der Waals surface area contributed by atoms with Gasteiger partial charge in [0.25, 0.3) is 5.91 Å². The SMILES string of the molecule is CCS(=O)(=O)c1ccccc1C(=O)OCC(=O)N1CCNC1=O. The highest BCUT2D eigenvalue weighted by Crippen LogP contribution is 2.18. The van der Waals surface area contributed by atoms with Gasteiger partial charge in [-0.05, 0) is 12.1 Å². The number of amides is 3. The molecule has 9 heteroatoms. The lowest BCUT2D eigenvalue weighted by atomic mass is 10.2. The van der Waals surface area contributed by atoms with Crippen LogP contribution >= 0.6 is 0 Å². The number of benzene rings is 1. The molecule has 1 saturated heterocycles. The summed E-state index contributed by atoms with van der Waals surface area (Å²) in [5, 5.41) is 2.45. The molecule has 0 spiro atoms. The number of imide groups is 1. The monoisotopic (exact) mass is 340 g/mol. The van der Waals surface area contributed by atoms with Crippen molar-refractivity contribution in [1.29, 1.82) is 0 Å². The van der Waals surface area contributed by atoms with Crippen LogP contribution in [-0.2, 0) is 19.4 Å². The van der Waals surface area contributed by atoms with Gasteiger partial charge in [-0.3, -0.25) is 9.69 Å². The van der Waals surface area contributed by atoms with Gasteiger partial charge >= 0.3 is 12.0 Å². The highest BCUT2D eigenvalue weighted by Gasteiger charge is 2.28. The summed E-state index contributed by atoms with van der Waals surface area (Å²) in [6.45, 7) is 1.38. The molecule has 3 amide bonds. The summed E-state index contributed by atoms with van der Waals surface area (Å²) in [5.74, 6) is -1.75. The molecule has 1 aromatic carbocycles. The van der Waals surface area contributed by atoms with Gasteiger partial charge in [-0.2, -0.15) is 0 Å². The van der Waals surface area contributed by atoms with E-state index in [1.165, 1.54) is 31.2 Å². The molecule has 124 valence electrons. The van der Waals surface area contributed by atoms with E-state index in [0.717, 1.165) is 4.90 Å². The van der Waals surface area contributed by atoms with Gasteiger partial charge in [0, 0.05) is 13.1 Å². The highest BCUT2D eigenvalue weighted by atomic mass is 32.2. The first-order chi connectivity index (χ1) is 10.9. The van der Waals surface area contributed by atoms with Crippen LogP contribution in [0.15, 0.2) is 29.2 Å². The lowest BCUT2D eigenvalue weighted by Gasteiger charge is -2.13. The van der Waals surface area contributed by atoms with Gasteiger partial charge in [0.05, 0.1) is 16.2 Å².